The van der Waals surface area contributed by atoms with E-state index in [1.165, 1.54) is 11.1 Å². The van der Waals surface area contributed by atoms with Crippen molar-refractivity contribution in [2.45, 2.75) is 34.0 Å². The van der Waals surface area contributed by atoms with Gasteiger partial charge in [-0.2, -0.15) is 0 Å². The monoisotopic (exact) mass is 540 g/mol. The summed E-state index contributed by atoms with van der Waals surface area (Å²) in [4.78, 5) is 18.5. The minimum absolute atomic E-state index is 0.435. The van der Waals surface area contributed by atoms with Gasteiger partial charge < -0.3 is 30.0 Å². The summed E-state index contributed by atoms with van der Waals surface area (Å²) in [6.07, 6.45) is 14.3. The first-order valence-corrected chi connectivity index (χ1v) is 11.5. The second-order valence-corrected chi connectivity index (χ2v) is 15.2. The molecule has 0 radical (unpaired) electrons. The molecule has 0 aliphatic heterocycles. The Bertz CT molecular complexity index is 658. The second kappa shape index (κ2) is 10.3. The average Bonchev–Trinajstić information content (AvgIpc) is 3.01. The van der Waals surface area contributed by atoms with E-state index in [9.17, 15) is 19.8 Å². The first-order valence-electron chi connectivity index (χ1n) is 7.95. The maximum absolute atomic E-state index is 9.24. The van der Waals surface area contributed by atoms with Gasteiger partial charge in [0.2, 0.25) is 0 Å². The van der Waals surface area contributed by atoms with Gasteiger partial charge >= 0.3 is 105 Å². The SMILES string of the molecule is C=C(O)C(=O)[O-].C=C(O)C(=O)[O-].CC1=C[C](C)([Hf+2][C]2(C)C=CC(C)=C2)C=C1. The number of hydrogen-bond acceptors (Lipinski definition) is 6. The Balaban J connectivity index is 0.000000470. The van der Waals surface area contributed by atoms with Crippen LogP contribution in [-0.4, -0.2) is 22.2 Å². The van der Waals surface area contributed by atoms with Crippen LogP contribution in [0.3, 0.4) is 0 Å². The third kappa shape index (κ3) is 9.94. The molecule has 2 atom stereocenters. The van der Waals surface area contributed by atoms with E-state index in [4.69, 9.17) is 10.2 Å². The van der Waals surface area contributed by atoms with Crippen molar-refractivity contribution in [3.05, 3.63) is 72.3 Å². The number of allylic oxidation sites excluding steroid dienone is 8. The normalized spacial score (nSPS) is 24.3. The van der Waals surface area contributed by atoms with Crippen LogP contribution >= 0.6 is 0 Å². The van der Waals surface area contributed by atoms with Crippen LogP contribution in [0.1, 0.15) is 27.7 Å². The van der Waals surface area contributed by atoms with Gasteiger partial charge in [-0.1, -0.05) is 13.2 Å². The van der Waals surface area contributed by atoms with Gasteiger partial charge in [0, 0.05) is 0 Å². The van der Waals surface area contributed by atoms with E-state index in [0.717, 1.165) is 0 Å². The Labute approximate surface area is 171 Å². The molecule has 7 heteroatoms. The molecule has 27 heavy (non-hydrogen) atoms. The summed E-state index contributed by atoms with van der Waals surface area (Å²) in [7, 11) is 0. The standard InChI is InChI=1S/2C7H9.2C3H4O3.Hf/c2*1-6-3-4-7(2)5-6;2*1-2(4)3(5)6;/h2*3-5H,1-2H3;2*4H,1H2,(H,5,6);/q;;;;+2/p-2. The average molecular weight is 539 g/mol. The number of carbonyl (C=O) groups excluding carboxylic acids is 2. The van der Waals surface area contributed by atoms with Crippen molar-refractivity contribution in [2.75, 3.05) is 0 Å². The number of aliphatic hydroxyl groups is 2. The summed E-state index contributed by atoms with van der Waals surface area (Å²) in [5.74, 6) is -5.13. The Hall–Kier alpha value is -2.15. The zero-order valence-electron chi connectivity index (χ0n) is 15.9. The van der Waals surface area contributed by atoms with Gasteiger partial charge in [-0.3, -0.25) is 0 Å². The first kappa shape index (κ1) is 24.9. The van der Waals surface area contributed by atoms with Gasteiger partial charge in [0.05, 0.1) is 0 Å². The van der Waals surface area contributed by atoms with Gasteiger partial charge in [-0.25, -0.2) is 0 Å². The number of carbonyl (C=O) groups is 2. The van der Waals surface area contributed by atoms with E-state index >= 15 is 0 Å². The fraction of sp³-hybridized carbons (Fsp3) is 0.300. The predicted octanol–water partition coefficient (Wildman–Crippen LogP) is 2.07. The molecule has 2 unspecified atom stereocenters. The third-order valence-corrected chi connectivity index (χ3v) is 9.56. The fourth-order valence-electron chi connectivity index (χ4n) is 2.48. The van der Waals surface area contributed by atoms with Crippen LogP contribution in [0.5, 0.6) is 0 Å². The van der Waals surface area contributed by atoms with Gasteiger partial charge in [0.25, 0.3) is 0 Å². The van der Waals surface area contributed by atoms with E-state index < -0.39 is 46.4 Å². The summed E-state index contributed by atoms with van der Waals surface area (Å²) < 4.78 is 0.870. The number of aliphatic carboxylic acids is 2. The van der Waals surface area contributed by atoms with Gasteiger partial charge in [-0.05, 0) is 0 Å². The van der Waals surface area contributed by atoms with Crippen LogP contribution in [0, 0.1) is 0 Å². The Morgan fingerprint density at radius 2 is 1.15 bits per heavy atom. The molecular formula is C20H24HfO6. The number of carboxylic acid groups (broad SMARTS) is 2. The molecular weight excluding hydrogens is 515 g/mol. The molecule has 0 saturated carbocycles. The van der Waals surface area contributed by atoms with Crippen LogP contribution in [0.4, 0.5) is 0 Å². The van der Waals surface area contributed by atoms with E-state index in [1.807, 2.05) is 0 Å². The summed E-state index contributed by atoms with van der Waals surface area (Å²) >= 11 is -0.774. The molecule has 2 rings (SSSR count). The number of carboxylic acids is 2. The van der Waals surface area contributed by atoms with E-state index in [-0.39, 0.29) is 0 Å². The zero-order chi connectivity index (χ0) is 21.4. The van der Waals surface area contributed by atoms with E-state index in [2.05, 4.69) is 77.3 Å². The topological polar surface area (TPSA) is 121 Å². The molecule has 0 aromatic rings. The Kier molecular flexibility index (Phi) is 9.44. The zero-order valence-corrected chi connectivity index (χ0v) is 19.5. The fourth-order valence-corrected chi connectivity index (χ4v) is 10.0. The molecule has 0 saturated heterocycles. The molecule has 0 bridgehead atoms. The summed E-state index contributed by atoms with van der Waals surface area (Å²) in [5.41, 5.74) is 2.88. The van der Waals surface area contributed by atoms with Crippen molar-refractivity contribution < 1.29 is 52.9 Å². The summed E-state index contributed by atoms with van der Waals surface area (Å²) in [6.45, 7) is 14.5. The van der Waals surface area contributed by atoms with Crippen molar-refractivity contribution >= 4 is 11.9 Å². The summed E-state index contributed by atoms with van der Waals surface area (Å²) in [5, 5.41) is 34.0. The van der Waals surface area contributed by atoms with Crippen LogP contribution < -0.4 is 10.2 Å². The van der Waals surface area contributed by atoms with E-state index in [0.29, 0.717) is 6.34 Å². The number of hydrogen-bond donors (Lipinski definition) is 2. The number of rotatable bonds is 4. The molecule has 6 nitrogen and oxygen atoms in total. The van der Waals surface area contributed by atoms with Gasteiger partial charge in [-0.15, -0.1) is 0 Å². The molecule has 0 spiro atoms. The van der Waals surface area contributed by atoms with Crippen LogP contribution in [0.2, 0.25) is 6.34 Å². The molecule has 0 aromatic heterocycles. The van der Waals surface area contributed by atoms with Crippen molar-refractivity contribution in [3.63, 3.8) is 0 Å². The second-order valence-electron chi connectivity index (χ2n) is 6.60. The molecule has 0 fully saturated rings. The summed E-state index contributed by atoms with van der Waals surface area (Å²) in [6, 6.07) is 0. The quantitative estimate of drug-likeness (QED) is 0.321. The first-order chi connectivity index (χ1) is 12.2. The van der Waals surface area contributed by atoms with Gasteiger partial charge in [0.1, 0.15) is 23.5 Å². The molecule has 0 aromatic carbocycles. The third-order valence-electron chi connectivity index (χ3n) is 3.45. The molecule has 0 amide bonds. The Morgan fingerprint density at radius 1 is 0.889 bits per heavy atom. The predicted molar refractivity (Wildman–Crippen MR) is 96.1 cm³/mol. The maximum atomic E-state index is 9.24. The van der Waals surface area contributed by atoms with Crippen LogP contribution in [0.15, 0.2) is 72.3 Å². The molecule has 0 heterocycles. The number of aliphatic hydroxyl groups excluding tert-OH is 2. The van der Waals surface area contributed by atoms with Crippen molar-refractivity contribution in [1.82, 2.24) is 0 Å². The van der Waals surface area contributed by atoms with Gasteiger partial charge in [0.15, 0.2) is 0 Å². The van der Waals surface area contributed by atoms with Crippen LogP contribution in [0.25, 0.3) is 0 Å². The molecule has 2 N–H and O–H groups in total. The van der Waals surface area contributed by atoms with Crippen LogP contribution in [-0.2, 0) is 32.5 Å². The molecule has 2 aliphatic carbocycles. The van der Waals surface area contributed by atoms with E-state index in [1.54, 1.807) is 0 Å². The van der Waals surface area contributed by atoms with Crippen molar-refractivity contribution in [2.24, 2.45) is 0 Å². The minimum atomic E-state index is -1.63. The Morgan fingerprint density at radius 3 is 1.30 bits per heavy atom. The molecule has 144 valence electrons. The van der Waals surface area contributed by atoms with Crippen molar-refractivity contribution in [3.8, 4) is 0 Å². The van der Waals surface area contributed by atoms with Crippen molar-refractivity contribution in [1.29, 1.82) is 0 Å². The molecule has 2 aliphatic rings.